The Morgan fingerprint density at radius 3 is 2.79 bits per heavy atom. The van der Waals surface area contributed by atoms with Crippen LogP contribution in [0.1, 0.15) is 37.3 Å². The number of nitrogens with zero attached hydrogens (tertiary/aromatic N) is 5. The van der Waals surface area contributed by atoms with Gasteiger partial charge in [-0.1, -0.05) is 0 Å². The molecular weight excluding hydrogens is 373 g/mol. The van der Waals surface area contributed by atoms with Gasteiger partial charge < -0.3 is 15.4 Å². The van der Waals surface area contributed by atoms with Crippen molar-refractivity contribution < 1.29 is 9.13 Å². The van der Waals surface area contributed by atoms with Gasteiger partial charge in [0.1, 0.15) is 34.8 Å². The van der Waals surface area contributed by atoms with Gasteiger partial charge in [0.05, 0.1) is 30.7 Å². The molecule has 4 heterocycles. The molecule has 9 heteroatoms. The minimum atomic E-state index is -0.941. The molecule has 0 aromatic carbocycles. The maximum absolute atomic E-state index is 13.9. The van der Waals surface area contributed by atoms with Gasteiger partial charge in [0.15, 0.2) is 5.65 Å². The highest BCUT2D eigenvalue weighted by molar-refractivity contribution is 5.61. The number of alkyl halides is 1. The third kappa shape index (κ3) is 3.29. The first-order valence-electron chi connectivity index (χ1n) is 10.2. The van der Waals surface area contributed by atoms with Crippen LogP contribution in [0.2, 0.25) is 0 Å². The maximum Gasteiger partial charge on any atom is 0.157 e. The summed E-state index contributed by atoms with van der Waals surface area (Å²) in [6, 6.07) is 1.68. The molecular formula is C20H22FN7O. The van der Waals surface area contributed by atoms with E-state index in [0.717, 1.165) is 48.5 Å². The molecule has 6 rings (SSSR count). The number of imidazole rings is 1. The fraction of sp³-hybridized carbons (Fsp3) is 0.500. The van der Waals surface area contributed by atoms with E-state index in [2.05, 4.69) is 25.6 Å². The second kappa shape index (κ2) is 6.62. The Labute approximate surface area is 166 Å². The monoisotopic (exact) mass is 395 g/mol. The molecule has 0 bridgehead atoms. The summed E-state index contributed by atoms with van der Waals surface area (Å²) in [6.45, 7) is 0.927. The molecule has 0 amide bonds. The van der Waals surface area contributed by atoms with Crippen molar-refractivity contribution in [3.8, 4) is 17.1 Å². The summed E-state index contributed by atoms with van der Waals surface area (Å²) in [4.78, 5) is 13.4. The van der Waals surface area contributed by atoms with Gasteiger partial charge in [-0.3, -0.25) is 4.98 Å². The molecule has 1 saturated heterocycles. The van der Waals surface area contributed by atoms with Crippen LogP contribution in [0.3, 0.4) is 0 Å². The van der Waals surface area contributed by atoms with Crippen LogP contribution in [0.15, 0.2) is 24.7 Å². The quantitative estimate of drug-likeness (QED) is 0.662. The highest BCUT2D eigenvalue weighted by Gasteiger charge is 2.33. The fourth-order valence-electron chi connectivity index (χ4n) is 3.72. The largest absolute Gasteiger partial charge is 0.488 e. The van der Waals surface area contributed by atoms with E-state index in [1.54, 1.807) is 18.6 Å². The van der Waals surface area contributed by atoms with E-state index in [0.29, 0.717) is 36.6 Å². The number of rotatable bonds is 6. The van der Waals surface area contributed by atoms with Crippen LogP contribution in [0.4, 0.5) is 10.2 Å². The van der Waals surface area contributed by atoms with Gasteiger partial charge in [0.2, 0.25) is 0 Å². The average molecular weight is 395 g/mol. The van der Waals surface area contributed by atoms with Crippen molar-refractivity contribution >= 4 is 11.5 Å². The van der Waals surface area contributed by atoms with Crippen LogP contribution in [-0.2, 0) is 0 Å². The lowest BCUT2D eigenvalue weighted by Crippen LogP contribution is -2.29. The Hall–Kier alpha value is -2.81. The van der Waals surface area contributed by atoms with Gasteiger partial charge in [-0.05, 0) is 25.7 Å². The first kappa shape index (κ1) is 17.1. The Morgan fingerprint density at radius 2 is 2.03 bits per heavy atom. The number of aromatic nitrogens is 5. The van der Waals surface area contributed by atoms with Gasteiger partial charge in [-0.2, -0.15) is 5.10 Å². The van der Waals surface area contributed by atoms with Crippen molar-refractivity contribution in [3.63, 3.8) is 0 Å². The third-order valence-electron chi connectivity index (χ3n) is 5.64. The summed E-state index contributed by atoms with van der Waals surface area (Å²) in [5.41, 5.74) is 3.14. The van der Waals surface area contributed by atoms with Crippen LogP contribution in [0.5, 0.6) is 5.75 Å². The summed E-state index contributed by atoms with van der Waals surface area (Å²) in [5, 5.41) is 11.0. The van der Waals surface area contributed by atoms with E-state index in [4.69, 9.17) is 9.84 Å². The summed E-state index contributed by atoms with van der Waals surface area (Å²) in [7, 11) is 0. The molecule has 3 fully saturated rings. The van der Waals surface area contributed by atoms with Gasteiger partial charge in [0.25, 0.3) is 0 Å². The molecule has 1 aliphatic heterocycles. The van der Waals surface area contributed by atoms with Crippen molar-refractivity contribution in [1.82, 2.24) is 29.9 Å². The first-order chi connectivity index (χ1) is 14.2. The van der Waals surface area contributed by atoms with Gasteiger partial charge >= 0.3 is 0 Å². The number of anilines is 1. The molecule has 3 aromatic rings. The number of halogens is 1. The van der Waals surface area contributed by atoms with E-state index in [-0.39, 0.29) is 6.04 Å². The molecule has 2 N–H and O–H groups in total. The van der Waals surface area contributed by atoms with Crippen molar-refractivity contribution in [3.05, 3.63) is 30.4 Å². The number of hydrogen-bond donors (Lipinski definition) is 2. The lowest BCUT2D eigenvalue weighted by Gasteiger charge is -2.15. The Balaban J connectivity index is 1.35. The highest BCUT2D eigenvalue weighted by Crippen LogP contribution is 2.44. The first-order valence-corrected chi connectivity index (χ1v) is 10.2. The second-order valence-electron chi connectivity index (χ2n) is 8.11. The van der Waals surface area contributed by atoms with Gasteiger partial charge in [-0.15, -0.1) is 0 Å². The van der Waals surface area contributed by atoms with Crippen molar-refractivity contribution in [2.24, 2.45) is 0 Å². The molecule has 1 unspecified atom stereocenters. The molecule has 0 radical (unpaired) electrons. The summed E-state index contributed by atoms with van der Waals surface area (Å²) < 4.78 is 21.8. The van der Waals surface area contributed by atoms with Crippen LogP contribution in [0.25, 0.3) is 17.0 Å². The smallest absolute Gasteiger partial charge is 0.157 e. The zero-order chi connectivity index (χ0) is 19.4. The van der Waals surface area contributed by atoms with Crippen molar-refractivity contribution in [2.45, 2.75) is 49.9 Å². The summed E-state index contributed by atoms with van der Waals surface area (Å²) in [6.07, 6.45) is 8.94. The molecule has 8 nitrogen and oxygen atoms in total. The molecule has 2 atom stereocenters. The molecule has 0 spiro atoms. The van der Waals surface area contributed by atoms with Gasteiger partial charge in [-0.25, -0.2) is 18.9 Å². The van der Waals surface area contributed by atoms with E-state index in [1.165, 1.54) is 0 Å². The Bertz CT molecular complexity index is 1060. The number of ether oxygens (including phenoxy) is 1. The molecule has 3 aromatic heterocycles. The summed E-state index contributed by atoms with van der Waals surface area (Å²) >= 11 is 0. The average Bonchev–Trinajstić information content (AvgIpc) is 3.65. The van der Waals surface area contributed by atoms with E-state index in [9.17, 15) is 4.39 Å². The van der Waals surface area contributed by atoms with Crippen molar-refractivity contribution in [1.29, 1.82) is 0 Å². The standard InChI is InChI=1S/C20H22FN7O/c21-13-6-22-7-14(13)25-18-10-23-8-15(26-18)16-9-24-19-5-17(29-12-3-4-12)20(11-1-2-11)27-28(16)19/h5,8-14,22H,1-4,6-7H2,(H,25,26)/t13-,14?/m1/s1. The topological polar surface area (TPSA) is 89.3 Å². The number of fused-ring (bicyclic) bond motifs is 1. The predicted molar refractivity (Wildman–Crippen MR) is 105 cm³/mol. The predicted octanol–water partition coefficient (Wildman–Crippen LogP) is 2.33. The summed E-state index contributed by atoms with van der Waals surface area (Å²) in [5.74, 6) is 1.87. The normalized spacial score (nSPS) is 24.2. The minimum Gasteiger partial charge on any atom is -0.488 e. The van der Waals surface area contributed by atoms with E-state index < -0.39 is 6.17 Å². The van der Waals surface area contributed by atoms with E-state index >= 15 is 0 Å². The highest BCUT2D eigenvalue weighted by atomic mass is 19.1. The number of nitrogens with one attached hydrogen (secondary N) is 2. The Kier molecular flexibility index (Phi) is 3.90. The van der Waals surface area contributed by atoms with Crippen LogP contribution >= 0.6 is 0 Å². The zero-order valence-corrected chi connectivity index (χ0v) is 15.9. The van der Waals surface area contributed by atoms with Crippen LogP contribution in [-0.4, -0.2) is 56.0 Å². The van der Waals surface area contributed by atoms with Crippen LogP contribution < -0.4 is 15.4 Å². The zero-order valence-electron chi connectivity index (χ0n) is 15.9. The maximum atomic E-state index is 13.9. The SMILES string of the molecule is F[C@@H]1CNCC1Nc1cncc(-c2cnc3cc(OC4CC4)c(C4CC4)nn23)n1. The Morgan fingerprint density at radius 1 is 1.14 bits per heavy atom. The fourth-order valence-corrected chi connectivity index (χ4v) is 3.72. The number of hydrogen-bond acceptors (Lipinski definition) is 7. The molecule has 2 saturated carbocycles. The van der Waals surface area contributed by atoms with Gasteiger partial charge in [0, 0.05) is 25.1 Å². The third-order valence-corrected chi connectivity index (χ3v) is 5.64. The molecule has 2 aliphatic carbocycles. The van der Waals surface area contributed by atoms with E-state index in [1.807, 2.05) is 10.6 Å². The minimum absolute atomic E-state index is 0.302. The molecule has 29 heavy (non-hydrogen) atoms. The second-order valence-corrected chi connectivity index (χ2v) is 8.11. The lowest BCUT2D eigenvalue weighted by atomic mass is 10.2. The van der Waals surface area contributed by atoms with Crippen molar-refractivity contribution in [2.75, 3.05) is 18.4 Å². The van der Waals surface area contributed by atoms with Crippen LogP contribution in [0, 0.1) is 0 Å². The lowest BCUT2D eigenvalue weighted by molar-refractivity contribution is 0.297. The molecule has 3 aliphatic rings. The molecule has 150 valence electrons.